The third-order valence-electron chi connectivity index (χ3n) is 2.01. The fraction of sp³-hybridized carbons (Fsp3) is 0.333. The summed E-state index contributed by atoms with van der Waals surface area (Å²) in [6, 6.07) is 2.17. The van der Waals surface area contributed by atoms with Crippen LogP contribution in [0.2, 0.25) is 0 Å². The summed E-state index contributed by atoms with van der Waals surface area (Å²) in [6.45, 7) is 1.70. The second kappa shape index (κ2) is 3.95. The van der Waals surface area contributed by atoms with E-state index < -0.39 is 17.6 Å². The molecular formula is C9H12N2O3. The zero-order chi connectivity index (χ0) is 10.7. The lowest BCUT2D eigenvalue weighted by Crippen LogP contribution is -2.30. The van der Waals surface area contributed by atoms with Crippen LogP contribution in [0.5, 0.6) is 0 Å². The molecule has 5 nitrogen and oxygen atoms in total. The van der Waals surface area contributed by atoms with E-state index in [1.807, 2.05) is 0 Å². The Bertz CT molecular complexity index is 397. The van der Waals surface area contributed by atoms with E-state index in [0.717, 1.165) is 4.57 Å². The molecule has 1 unspecified atom stereocenters. The molecule has 0 spiro atoms. The van der Waals surface area contributed by atoms with E-state index in [2.05, 4.69) is 0 Å². The number of aromatic nitrogens is 1. The molecule has 0 saturated carbocycles. The summed E-state index contributed by atoms with van der Waals surface area (Å²) >= 11 is 0. The first-order valence-electron chi connectivity index (χ1n) is 4.27. The van der Waals surface area contributed by atoms with Crippen molar-refractivity contribution in [3.05, 3.63) is 28.7 Å². The van der Waals surface area contributed by atoms with Gasteiger partial charge < -0.3 is 10.8 Å². The normalized spacial score (nSPS) is 12.4. The van der Waals surface area contributed by atoms with Gasteiger partial charge in [0.05, 0.1) is 5.69 Å². The zero-order valence-electron chi connectivity index (χ0n) is 7.80. The summed E-state index contributed by atoms with van der Waals surface area (Å²) in [7, 11) is 0. The summed E-state index contributed by atoms with van der Waals surface area (Å²) in [5.41, 5.74) is 4.99. The van der Waals surface area contributed by atoms with Crippen LogP contribution in [0.1, 0.15) is 19.4 Å². The number of aliphatic carboxylic acids is 1. The maximum Gasteiger partial charge on any atom is 0.326 e. The number of anilines is 1. The van der Waals surface area contributed by atoms with Gasteiger partial charge in [-0.2, -0.15) is 0 Å². The topological polar surface area (TPSA) is 85.3 Å². The van der Waals surface area contributed by atoms with Crippen LogP contribution in [0.25, 0.3) is 0 Å². The van der Waals surface area contributed by atoms with Gasteiger partial charge in [0, 0.05) is 6.20 Å². The van der Waals surface area contributed by atoms with Gasteiger partial charge in [-0.15, -0.1) is 0 Å². The zero-order valence-corrected chi connectivity index (χ0v) is 7.80. The molecule has 0 aliphatic heterocycles. The largest absolute Gasteiger partial charge is 0.480 e. The second-order valence-corrected chi connectivity index (χ2v) is 2.94. The van der Waals surface area contributed by atoms with Crippen molar-refractivity contribution in [2.24, 2.45) is 0 Å². The number of carboxylic acid groups (broad SMARTS) is 1. The molecule has 0 radical (unpaired) electrons. The highest BCUT2D eigenvalue weighted by atomic mass is 16.4. The number of nitrogens with two attached hydrogens (primary N) is 1. The Kier molecular flexibility index (Phi) is 2.91. The van der Waals surface area contributed by atoms with E-state index in [4.69, 9.17) is 10.8 Å². The number of nitrogen functional groups attached to an aromatic ring is 1. The molecule has 3 N–H and O–H groups in total. The number of nitrogens with zero attached hydrogens (tertiary/aromatic N) is 1. The summed E-state index contributed by atoms with van der Waals surface area (Å²) in [5.74, 6) is -1.03. The van der Waals surface area contributed by atoms with Crippen LogP contribution >= 0.6 is 0 Å². The van der Waals surface area contributed by atoms with Crippen LogP contribution in [-0.2, 0) is 4.79 Å². The van der Waals surface area contributed by atoms with Crippen molar-refractivity contribution in [2.75, 3.05) is 5.73 Å². The van der Waals surface area contributed by atoms with Crippen molar-refractivity contribution >= 4 is 11.7 Å². The highest BCUT2D eigenvalue weighted by molar-refractivity contribution is 5.71. The van der Waals surface area contributed by atoms with E-state index >= 15 is 0 Å². The van der Waals surface area contributed by atoms with Gasteiger partial charge in [0.1, 0.15) is 6.04 Å². The first-order chi connectivity index (χ1) is 6.57. The van der Waals surface area contributed by atoms with E-state index in [0.29, 0.717) is 6.42 Å². The highest BCUT2D eigenvalue weighted by Crippen LogP contribution is 2.09. The first-order valence-corrected chi connectivity index (χ1v) is 4.27. The molecule has 0 bridgehead atoms. The van der Waals surface area contributed by atoms with Gasteiger partial charge in [-0.1, -0.05) is 6.92 Å². The van der Waals surface area contributed by atoms with E-state index in [-0.39, 0.29) is 5.69 Å². The predicted molar refractivity (Wildman–Crippen MR) is 52.1 cm³/mol. The quantitative estimate of drug-likeness (QED) is 0.735. The Morgan fingerprint density at radius 3 is 2.86 bits per heavy atom. The Morgan fingerprint density at radius 2 is 2.36 bits per heavy atom. The van der Waals surface area contributed by atoms with Crippen molar-refractivity contribution in [2.45, 2.75) is 19.4 Å². The number of carbonyl (C=O) groups is 1. The lowest BCUT2D eigenvalue weighted by molar-refractivity contribution is -0.141. The Labute approximate surface area is 80.8 Å². The van der Waals surface area contributed by atoms with Gasteiger partial charge in [-0.05, 0) is 18.6 Å². The van der Waals surface area contributed by atoms with E-state index in [1.165, 1.54) is 12.3 Å². The van der Waals surface area contributed by atoms with Crippen molar-refractivity contribution in [3.63, 3.8) is 0 Å². The van der Waals surface area contributed by atoms with E-state index in [1.54, 1.807) is 13.0 Å². The third-order valence-corrected chi connectivity index (χ3v) is 2.01. The fourth-order valence-corrected chi connectivity index (χ4v) is 1.26. The van der Waals surface area contributed by atoms with Crippen LogP contribution in [0.15, 0.2) is 23.1 Å². The van der Waals surface area contributed by atoms with Crippen LogP contribution < -0.4 is 11.3 Å². The summed E-state index contributed by atoms with van der Waals surface area (Å²) in [5, 5.41) is 8.84. The summed E-state index contributed by atoms with van der Waals surface area (Å²) in [6.07, 6.45) is 1.78. The van der Waals surface area contributed by atoms with Gasteiger partial charge in [0.2, 0.25) is 0 Å². The SMILES string of the molecule is CCC(C(=O)O)n1cccc(N)c1=O. The third kappa shape index (κ3) is 1.76. The van der Waals surface area contributed by atoms with Crippen LogP contribution in [-0.4, -0.2) is 15.6 Å². The van der Waals surface area contributed by atoms with Gasteiger partial charge in [0.15, 0.2) is 0 Å². The molecule has 0 aliphatic rings. The monoisotopic (exact) mass is 196 g/mol. The molecule has 0 fully saturated rings. The fourth-order valence-electron chi connectivity index (χ4n) is 1.26. The average molecular weight is 196 g/mol. The number of pyridine rings is 1. The first kappa shape index (κ1) is 10.3. The van der Waals surface area contributed by atoms with Crippen LogP contribution in [0, 0.1) is 0 Å². The maximum absolute atomic E-state index is 11.4. The number of hydrogen-bond donors (Lipinski definition) is 2. The average Bonchev–Trinajstić information content (AvgIpc) is 2.13. The predicted octanol–water partition coefficient (Wildman–Crippen LogP) is 0.466. The number of rotatable bonds is 3. The highest BCUT2D eigenvalue weighted by Gasteiger charge is 2.18. The molecule has 1 aromatic heterocycles. The molecule has 5 heteroatoms. The minimum atomic E-state index is -1.03. The lowest BCUT2D eigenvalue weighted by Gasteiger charge is -2.13. The Morgan fingerprint density at radius 1 is 1.71 bits per heavy atom. The van der Waals surface area contributed by atoms with E-state index in [9.17, 15) is 9.59 Å². The molecule has 0 saturated heterocycles. The molecule has 0 amide bonds. The maximum atomic E-state index is 11.4. The Balaban J connectivity index is 3.24. The molecule has 0 aliphatic carbocycles. The lowest BCUT2D eigenvalue weighted by atomic mass is 10.2. The molecule has 1 atom stereocenters. The Hall–Kier alpha value is -1.78. The minimum absolute atomic E-state index is 0.0622. The van der Waals surface area contributed by atoms with Crippen molar-refractivity contribution in [3.8, 4) is 0 Å². The standard InChI is InChI=1S/C9H12N2O3/c1-2-7(9(13)14)11-5-3-4-6(10)8(11)12/h3-5,7H,2,10H2,1H3,(H,13,14). The molecule has 0 aromatic carbocycles. The number of carboxylic acids is 1. The minimum Gasteiger partial charge on any atom is -0.480 e. The number of hydrogen-bond acceptors (Lipinski definition) is 3. The van der Waals surface area contributed by atoms with Crippen molar-refractivity contribution in [1.29, 1.82) is 0 Å². The molecular weight excluding hydrogens is 184 g/mol. The van der Waals surface area contributed by atoms with Crippen molar-refractivity contribution < 1.29 is 9.90 Å². The molecule has 1 rings (SSSR count). The molecule has 14 heavy (non-hydrogen) atoms. The molecule has 1 heterocycles. The summed E-state index contributed by atoms with van der Waals surface area (Å²) in [4.78, 5) is 22.2. The molecule has 1 aromatic rings. The summed E-state index contributed by atoms with van der Waals surface area (Å²) < 4.78 is 1.14. The van der Waals surface area contributed by atoms with Gasteiger partial charge >= 0.3 is 5.97 Å². The smallest absolute Gasteiger partial charge is 0.326 e. The van der Waals surface area contributed by atoms with Gasteiger partial charge in [-0.25, -0.2) is 4.79 Å². The second-order valence-electron chi connectivity index (χ2n) is 2.94. The van der Waals surface area contributed by atoms with Crippen LogP contribution in [0.4, 0.5) is 5.69 Å². The van der Waals surface area contributed by atoms with Gasteiger partial charge in [-0.3, -0.25) is 9.36 Å². The van der Waals surface area contributed by atoms with Gasteiger partial charge in [0.25, 0.3) is 5.56 Å². The van der Waals surface area contributed by atoms with Crippen LogP contribution in [0.3, 0.4) is 0 Å². The molecule has 76 valence electrons. The van der Waals surface area contributed by atoms with Crippen molar-refractivity contribution in [1.82, 2.24) is 4.57 Å².